The second kappa shape index (κ2) is 12.9. The summed E-state index contributed by atoms with van der Waals surface area (Å²) in [6.07, 6.45) is 6.40. The lowest BCUT2D eigenvalue weighted by Gasteiger charge is -2.33. The number of unbranched alkanes of at least 4 members (excludes halogenated alkanes) is 3. The van der Waals surface area contributed by atoms with E-state index < -0.39 is 5.97 Å². The fraction of sp³-hybridized carbons (Fsp3) is 0.136. The maximum absolute atomic E-state index is 11.4. The van der Waals surface area contributed by atoms with Crippen LogP contribution < -0.4 is 4.90 Å². The molecule has 8 aromatic rings. The van der Waals surface area contributed by atoms with E-state index in [2.05, 4.69) is 96.8 Å². The van der Waals surface area contributed by atoms with Gasteiger partial charge in [-0.25, -0.2) is 4.79 Å². The Kier molecular flexibility index (Phi) is 8.04. The maximum atomic E-state index is 11.4. The zero-order valence-corrected chi connectivity index (χ0v) is 30.4. The minimum absolute atomic E-state index is 0.274. The zero-order chi connectivity index (χ0) is 34.6. The van der Waals surface area contributed by atoms with Gasteiger partial charge >= 0.3 is 5.97 Å². The molecule has 3 heterocycles. The Morgan fingerprint density at radius 3 is 2.12 bits per heavy atom. The fourth-order valence-electron chi connectivity index (χ4n) is 7.29. The number of hydrogen-bond acceptors (Lipinski definition) is 6. The van der Waals surface area contributed by atoms with Crippen LogP contribution in [-0.4, -0.2) is 17.6 Å². The lowest BCUT2D eigenvalue weighted by atomic mass is 10.00. The second-order valence-corrected chi connectivity index (χ2v) is 16.4. The van der Waals surface area contributed by atoms with Gasteiger partial charge in [-0.3, -0.25) is 0 Å². The van der Waals surface area contributed by atoms with Crippen molar-refractivity contribution in [2.45, 2.75) is 42.4 Å². The minimum Gasteiger partial charge on any atom is -0.477 e. The summed E-state index contributed by atoms with van der Waals surface area (Å²) in [5.74, 6) is -1.22. The molecule has 0 bridgehead atoms. The number of hydrogen-bond donors (Lipinski definition) is 1. The number of carbonyl (C=O) groups is 1. The summed E-state index contributed by atoms with van der Waals surface area (Å²) in [4.78, 5) is 16.6. The third-order valence-corrected chi connectivity index (χ3v) is 13.5. The predicted octanol–water partition coefficient (Wildman–Crippen LogP) is 13.4. The average Bonchev–Trinajstić information content (AvgIpc) is 3.67. The van der Waals surface area contributed by atoms with E-state index in [1.807, 2.05) is 52.6 Å². The van der Waals surface area contributed by atoms with Crippen molar-refractivity contribution in [3.05, 3.63) is 114 Å². The molecule has 0 saturated heterocycles. The summed E-state index contributed by atoms with van der Waals surface area (Å²) in [6, 6.07) is 39.4. The van der Waals surface area contributed by atoms with Gasteiger partial charge in [-0.2, -0.15) is 5.26 Å². The highest BCUT2D eigenvalue weighted by atomic mass is 32.2. The van der Waals surface area contributed by atoms with Crippen LogP contribution in [0.2, 0.25) is 0 Å². The topological polar surface area (TPSA) is 64.3 Å². The first-order valence-corrected chi connectivity index (χ1v) is 19.7. The monoisotopic (exact) mass is 716 g/mol. The molecule has 4 nitrogen and oxygen atoms in total. The Morgan fingerprint density at radius 1 is 0.725 bits per heavy atom. The Balaban J connectivity index is 1.09. The van der Waals surface area contributed by atoms with Gasteiger partial charge in [0, 0.05) is 36.5 Å². The van der Waals surface area contributed by atoms with Crippen LogP contribution in [0.5, 0.6) is 0 Å². The van der Waals surface area contributed by atoms with Gasteiger partial charge in [0.15, 0.2) is 0 Å². The Labute approximate surface area is 307 Å². The van der Waals surface area contributed by atoms with Gasteiger partial charge in [0.25, 0.3) is 0 Å². The van der Waals surface area contributed by atoms with Crippen molar-refractivity contribution in [2.75, 3.05) is 11.4 Å². The van der Waals surface area contributed by atoms with Crippen molar-refractivity contribution in [3.63, 3.8) is 0 Å². The van der Waals surface area contributed by atoms with Crippen LogP contribution in [0.25, 0.3) is 68.3 Å². The van der Waals surface area contributed by atoms with Gasteiger partial charge < -0.3 is 10.0 Å². The summed E-state index contributed by atoms with van der Waals surface area (Å²) in [7, 11) is 0. The molecule has 9 rings (SSSR count). The molecule has 1 aliphatic rings. The number of benzene rings is 6. The maximum Gasteiger partial charge on any atom is 0.346 e. The highest BCUT2D eigenvalue weighted by Crippen LogP contribution is 2.50. The van der Waals surface area contributed by atoms with E-state index in [9.17, 15) is 15.2 Å². The van der Waals surface area contributed by atoms with Crippen molar-refractivity contribution in [2.24, 2.45) is 0 Å². The number of anilines is 2. The summed E-state index contributed by atoms with van der Waals surface area (Å²) < 4.78 is 5.09. The van der Waals surface area contributed by atoms with Crippen molar-refractivity contribution < 1.29 is 9.90 Å². The van der Waals surface area contributed by atoms with Crippen LogP contribution in [0.4, 0.5) is 11.4 Å². The Bertz CT molecular complexity index is 2780. The number of nitrogens with zero attached hydrogens (tertiary/aromatic N) is 2. The molecule has 248 valence electrons. The van der Waals surface area contributed by atoms with Crippen LogP contribution in [-0.2, 0) is 4.79 Å². The molecule has 0 amide bonds. The van der Waals surface area contributed by atoms with E-state index in [0.717, 1.165) is 17.3 Å². The number of carboxylic acids is 1. The first-order valence-electron chi connectivity index (χ1n) is 17.3. The standard InChI is InChI=1S/C44H32N2O2S3/c1-2-3-4-7-16-46-36-8-5-6-9-38(36)49-41-24-28(14-15-37(41)46)27-12-13-30-23-40-35(21-32(30)19-27)43-42(51-40)34-20-31-17-26(18-33(25-45)44(47)48)10-11-29(31)22-39(34)50-43/h5-6,8-15,17-24H,2-4,7,16H2,1H3,(H,47,48)/b33-18+. The summed E-state index contributed by atoms with van der Waals surface area (Å²) >= 11 is 5.54. The number of thiophene rings is 2. The van der Waals surface area contributed by atoms with Gasteiger partial charge in [0.05, 0.1) is 20.8 Å². The number of rotatable bonds is 8. The van der Waals surface area contributed by atoms with Crippen molar-refractivity contribution >= 4 is 109 Å². The number of nitriles is 1. The van der Waals surface area contributed by atoms with E-state index in [1.54, 1.807) is 6.07 Å². The molecule has 1 aliphatic heterocycles. The Morgan fingerprint density at radius 2 is 1.39 bits per heavy atom. The third-order valence-electron chi connectivity index (χ3n) is 9.88. The van der Waals surface area contributed by atoms with Crippen molar-refractivity contribution in [1.82, 2.24) is 0 Å². The van der Waals surface area contributed by atoms with Crippen molar-refractivity contribution in [3.8, 4) is 17.2 Å². The lowest BCUT2D eigenvalue weighted by molar-refractivity contribution is -0.132. The molecule has 51 heavy (non-hydrogen) atoms. The molecule has 0 saturated carbocycles. The second-order valence-electron chi connectivity index (χ2n) is 13.2. The van der Waals surface area contributed by atoms with Crippen LogP contribution >= 0.6 is 34.4 Å². The molecular weight excluding hydrogens is 685 g/mol. The van der Waals surface area contributed by atoms with E-state index in [-0.39, 0.29) is 5.57 Å². The molecule has 0 aliphatic carbocycles. The molecule has 0 radical (unpaired) electrons. The molecular formula is C44H32N2O2S3. The summed E-state index contributed by atoms with van der Waals surface area (Å²) in [5.41, 5.74) is 5.51. The molecule has 0 fully saturated rings. The molecule has 6 aromatic carbocycles. The van der Waals surface area contributed by atoms with Crippen LogP contribution in [0.3, 0.4) is 0 Å². The first kappa shape index (κ1) is 31.8. The Hall–Kier alpha value is -5.13. The molecule has 0 spiro atoms. The lowest BCUT2D eigenvalue weighted by Crippen LogP contribution is -2.21. The SMILES string of the molecule is CCCCCCN1c2ccccc2Sc2cc(-c3ccc4cc5sc6c7cc8cc(/C=C(\C#N)C(=O)O)ccc8cc7sc6c5cc4c3)ccc21. The van der Waals surface area contributed by atoms with Gasteiger partial charge in [0.1, 0.15) is 11.6 Å². The minimum atomic E-state index is -1.22. The fourth-order valence-corrected chi connectivity index (χ4v) is 11.1. The summed E-state index contributed by atoms with van der Waals surface area (Å²) in [6.45, 7) is 3.30. The molecule has 2 aromatic heterocycles. The normalized spacial score (nSPS) is 12.9. The van der Waals surface area contributed by atoms with Crippen LogP contribution in [0, 0.1) is 11.3 Å². The first-order chi connectivity index (χ1) is 25.0. The summed E-state index contributed by atoms with van der Waals surface area (Å²) in [5, 5.41) is 25.6. The van der Waals surface area contributed by atoms with E-state index in [4.69, 9.17) is 0 Å². The average molecular weight is 717 g/mol. The van der Waals surface area contributed by atoms with Crippen LogP contribution in [0.15, 0.2) is 118 Å². The third kappa shape index (κ3) is 5.64. The smallest absolute Gasteiger partial charge is 0.346 e. The molecule has 7 heteroatoms. The highest BCUT2D eigenvalue weighted by molar-refractivity contribution is 7.99. The molecule has 1 N–H and O–H groups in total. The molecule has 0 unspecified atom stereocenters. The van der Waals surface area contributed by atoms with Gasteiger partial charge in [-0.15, -0.1) is 22.7 Å². The molecule has 0 atom stereocenters. The van der Waals surface area contributed by atoms with E-state index in [1.165, 1.54) is 104 Å². The largest absolute Gasteiger partial charge is 0.477 e. The number of para-hydroxylation sites is 1. The quantitative estimate of drug-likeness (QED) is 0.0963. The van der Waals surface area contributed by atoms with E-state index in [0.29, 0.717) is 5.56 Å². The number of fused-ring (bicyclic) bond motifs is 9. The predicted molar refractivity (Wildman–Crippen MR) is 218 cm³/mol. The number of aliphatic carboxylic acids is 1. The number of carboxylic acid groups (broad SMARTS) is 1. The van der Waals surface area contributed by atoms with E-state index >= 15 is 0 Å². The van der Waals surface area contributed by atoms with Crippen molar-refractivity contribution in [1.29, 1.82) is 5.26 Å². The van der Waals surface area contributed by atoms with Gasteiger partial charge in [-0.05, 0) is 111 Å². The van der Waals surface area contributed by atoms with Gasteiger partial charge in [0.2, 0.25) is 0 Å². The highest BCUT2D eigenvalue weighted by Gasteiger charge is 2.23. The van der Waals surface area contributed by atoms with Crippen LogP contribution in [0.1, 0.15) is 38.2 Å². The van der Waals surface area contributed by atoms with Gasteiger partial charge in [-0.1, -0.05) is 80.4 Å². The zero-order valence-electron chi connectivity index (χ0n) is 27.9.